The second-order valence-corrected chi connectivity index (χ2v) is 9.55. The minimum absolute atomic E-state index is 0.0107. The number of alkyl carbamates (subject to hydrolysis) is 1. The van der Waals surface area contributed by atoms with Crippen molar-refractivity contribution >= 4 is 18.0 Å². The Kier molecular flexibility index (Phi) is 9.82. The zero-order valence-electron chi connectivity index (χ0n) is 22.6. The van der Waals surface area contributed by atoms with Gasteiger partial charge in [0.1, 0.15) is 30.8 Å². The molecule has 4 rings (SSSR count). The lowest BCUT2D eigenvalue weighted by Crippen LogP contribution is -2.49. The zero-order chi connectivity index (χ0) is 29.2. The van der Waals surface area contributed by atoms with Gasteiger partial charge in [-0.25, -0.2) is 14.0 Å². The molecule has 0 radical (unpaired) electrons. The lowest BCUT2D eigenvalue weighted by Gasteiger charge is -2.18. The molecule has 3 aromatic carbocycles. The van der Waals surface area contributed by atoms with Gasteiger partial charge in [-0.15, -0.1) is 0 Å². The van der Waals surface area contributed by atoms with Gasteiger partial charge in [-0.05, 0) is 34.9 Å². The van der Waals surface area contributed by atoms with Gasteiger partial charge in [-0.1, -0.05) is 79.7 Å². The molecule has 0 fully saturated rings. The molecule has 1 aromatic heterocycles. The summed E-state index contributed by atoms with van der Waals surface area (Å²) in [5.74, 6) is -1.53. The van der Waals surface area contributed by atoms with E-state index in [9.17, 15) is 18.8 Å². The fourth-order valence-corrected chi connectivity index (χ4v) is 3.98. The Hall–Kier alpha value is -4.99. The Morgan fingerprint density at radius 2 is 1.54 bits per heavy atom. The molecular formula is C31H30FN3O6. The van der Waals surface area contributed by atoms with Crippen LogP contribution in [0.15, 0.2) is 89.6 Å². The standard InChI is InChI=1S/C31H30FN3O6/c1-20(2)28-26(16-34-41-28)23-13-24(15-25(32)14-23)29(36)33-17-27(30(37)39-18-21-9-5-3-6-10-21)35-31(38)40-19-22-11-7-4-8-12-22/h3-16,20,27H,17-19H2,1-2H3,(H,33,36)(H,35,38)/t27-/m1/s1. The van der Waals surface area contributed by atoms with Crippen LogP contribution in [-0.2, 0) is 27.5 Å². The highest BCUT2D eigenvalue weighted by molar-refractivity contribution is 5.96. The number of amides is 2. The predicted molar refractivity (Wildman–Crippen MR) is 148 cm³/mol. The quantitative estimate of drug-likeness (QED) is 0.237. The van der Waals surface area contributed by atoms with Crippen molar-refractivity contribution in [1.82, 2.24) is 15.8 Å². The number of halogens is 1. The highest BCUT2D eigenvalue weighted by Gasteiger charge is 2.25. The molecule has 41 heavy (non-hydrogen) atoms. The van der Waals surface area contributed by atoms with Gasteiger partial charge in [-0.2, -0.15) is 0 Å². The highest BCUT2D eigenvalue weighted by atomic mass is 19.1. The second-order valence-electron chi connectivity index (χ2n) is 9.55. The van der Waals surface area contributed by atoms with Gasteiger partial charge in [0.05, 0.1) is 6.20 Å². The average molecular weight is 560 g/mol. The van der Waals surface area contributed by atoms with Crippen molar-refractivity contribution < 1.29 is 32.8 Å². The Labute approximate surface area is 236 Å². The summed E-state index contributed by atoms with van der Waals surface area (Å²) in [6.07, 6.45) is 0.599. The molecule has 1 heterocycles. The van der Waals surface area contributed by atoms with E-state index in [1.54, 1.807) is 48.5 Å². The number of hydrogen-bond acceptors (Lipinski definition) is 7. The number of ether oxygens (including phenoxy) is 2. The molecule has 4 aromatic rings. The first-order valence-electron chi connectivity index (χ1n) is 13.0. The molecule has 9 nitrogen and oxygen atoms in total. The summed E-state index contributed by atoms with van der Waals surface area (Å²) < 4.78 is 30.4. The van der Waals surface area contributed by atoms with Gasteiger partial charge in [0.2, 0.25) is 0 Å². The molecule has 0 spiro atoms. The van der Waals surface area contributed by atoms with E-state index >= 15 is 0 Å². The Balaban J connectivity index is 1.44. The maximum atomic E-state index is 14.5. The van der Waals surface area contributed by atoms with Crippen molar-refractivity contribution in [3.63, 3.8) is 0 Å². The predicted octanol–water partition coefficient (Wildman–Crippen LogP) is 5.37. The molecule has 2 N–H and O–H groups in total. The van der Waals surface area contributed by atoms with Gasteiger partial charge >= 0.3 is 12.1 Å². The largest absolute Gasteiger partial charge is 0.459 e. The zero-order valence-corrected chi connectivity index (χ0v) is 22.6. The minimum Gasteiger partial charge on any atom is -0.459 e. The Bertz CT molecular complexity index is 1470. The van der Waals surface area contributed by atoms with Crippen molar-refractivity contribution in [1.29, 1.82) is 0 Å². The van der Waals surface area contributed by atoms with Crippen LogP contribution in [0.4, 0.5) is 9.18 Å². The summed E-state index contributed by atoms with van der Waals surface area (Å²) in [6, 6.07) is 20.6. The molecule has 2 amide bonds. The van der Waals surface area contributed by atoms with Crippen molar-refractivity contribution in [3.05, 3.63) is 113 Å². The number of aromatic nitrogens is 1. The maximum absolute atomic E-state index is 14.5. The molecule has 0 saturated heterocycles. The SMILES string of the molecule is CC(C)c1oncc1-c1cc(F)cc(C(=O)NC[C@@H](NC(=O)OCc2ccccc2)C(=O)OCc2ccccc2)c1. The van der Waals surface area contributed by atoms with Crippen molar-refractivity contribution in [3.8, 4) is 11.1 Å². The molecule has 0 aliphatic heterocycles. The summed E-state index contributed by atoms with van der Waals surface area (Å²) >= 11 is 0. The number of nitrogens with zero attached hydrogens (tertiary/aromatic N) is 1. The van der Waals surface area contributed by atoms with E-state index in [-0.39, 0.29) is 31.2 Å². The topological polar surface area (TPSA) is 120 Å². The third kappa shape index (κ3) is 8.25. The van der Waals surface area contributed by atoms with Crippen LogP contribution in [0.3, 0.4) is 0 Å². The fourth-order valence-electron chi connectivity index (χ4n) is 3.98. The van der Waals surface area contributed by atoms with Crippen LogP contribution in [0, 0.1) is 5.82 Å². The van der Waals surface area contributed by atoms with Gasteiger partial charge < -0.3 is 24.6 Å². The van der Waals surface area contributed by atoms with E-state index in [2.05, 4.69) is 15.8 Å². The van der Waals surface area contributed by atoms with Crippen LogP contribution < -0.4 is 10.6 Å². The Morgan fingerprint density at radius 1 is 0.902 bits per heavy atom. The summed E-state index contributed by atoms with van der Waals surface area (Å²) in [5.41, 5.74) is 2.51. The fraction of sp³-hybridized carbons (Fsp3) is 0.226. The van der Waals surface area contributed by atoms with Gasteiger partial charge in [0, 0.05) is 23.6 Å². The first-order chi connectivity index (χ1) is 19.8. The molecule has 10 heteroatoms. The van der Waals surface area contributed by atoms with E-state index < -0.39 is 29.8 Å². The first kappa shape index (κ1) is 29.0. The van der Waals surface area contributed by atoms with E-state index in [4.69, 9.17) is 14.0 Å². The molecular weight excluding hydrogens is 529 g/mol. The van der Waals surface area contributed by atoms with Gasteiger partial charge in [0.25, 0.3) is 5.91 Å². The van der Waals surface area contributed by atoms with Crippen LogP contribution in [0.2, 0.25) is 0 Å². The number of carbonyl (C=O) groups excluding carboxylic acids is 3. The lowest BCUT2D eigenvalue weighted by molar-refractivity contribution is -0.147. The summed E-state index contributed by atoms with van der Waals surface area (Å²) in [6.45, 7) is 3.44. The number of benzene rings is 3. The van der Waals surface area contributed by atoms with E-state index in [1.807, 2.05) is 26.0 Å². The van der Waals surface area contributed by atoms with Crippen LogP contribution in [0.25, 0.3) is 11.1 Å². The normalized spacial score (nSPS) is 11.5. The smallest absolute Gasteiger partial charge is 0.408 e. The van der Waals surface area contributed by atoms with Gasteiger partial charge in [0.15, 0.2) is 0 Å². The third-order valence-corrected chi connectivity index (χ3v) is 6.07. The number of esters is 1. The Morgan fingerprint density at radius 3 is 2.17 bits per heavy atom. The highest BCUT2D eigenvalue weighted by Crippen LogP contribution is 2.30. The number of nitrogens with one attached hydrogen (secondary N) is 2. The van der Waals surface area contributed by atoms with Crippen molar-refractivity contribution in [2.24, 2.45) is 0 Å². The van der Waals surface area contributed by atoms with Crippen LogP contribution in [0.5, 0.6) is 0 Å². The molecule has 0 aliphatic carbocycles. The first-order valence-corrected chi connectivity index (χ1v) is 13.0. The lowest BCUT2D eigenvalue weighted by atomic mass is 9.99. The molecule has 1 atom stereocenters. The van der Waals surface area contributed by atoms with Crippen LogP contribution in [0.1, 0.15) is 47.0 Å². The van der Waals surface area contributed by atoms with Gasteiger partial charge in [-0.3, -0.25) is 4.79 Å². The van der Waals surface area contributed by atoms with Crippen LogP contribution in [-0.4, -0.2) is 35.7 Å². The third-order valence-electron chi connectivity index (χ3n) is 6.07. The monoisotopic (exact) mass is 559 g/mol. The van der Waals surface area contributed by atoms with E-state index in [0.29, 0.717) is 16.9 Å². The van der Waals surface area contributed by atoms with Crippen LogP contribution >= 0.6 is 0 Å². The molecule has 212 valence electrons. The summed E-state index contributed by atoms with van der Waals surface area (Å²) in [7, 11) is 0. The number of carbonyl (C=O) groups is 3. The number of rotatable bonds is 11. The van der Waals surface area contributed by atoms with E-state index in [0.717, 1.165) is 17.2 Å². The second kappa shape index (κ2) is 13.9. The minimum atomic E-state index is -1.27. The summed E-state index contributed by atoms with van der Waals surface area (Å²) in [5, 5.41) is 8.83. The summed E-state index contributed by atoms with van der Waals surface area (Å²) in [4.78, 5) is 38.5. The number of hydrogen-bond donors (Lipinski definition) is 2. The molecule has 0 saturated carbocycles. The molecule has 0 unspecified atom stereocenters. The maximum Gasteiger partial charge on any atom is 0.408 e. The molecule has 0 aliphatic rings. The van der Waals surface area contributed by atoms with Crippen molar-refractivity contribution in [2.45, 2.75) is 39.0 Å². The van der Waals surface area contributed by atoms with E-state index in [1.165, 1.54) is 18.3 Å². The van der Waals surface area contributed by atoms with Crippen molar-refractivity contribution in [2.75, 3.05) is 6.54 Å². The average Bonchev–Trinajstić information content (AvgIpc) is 3.48. The molecule has 0 bridgehead atoms.